The Bertz CT molecular complexity index is 871. The number of hydrogen-bond acceptors (Lipinski definition) is 4. The molecule has 1 fully saturated rings. The monoisotopic (exact) mass is 381 g/mol. The molecule has 3 heterocycles. The van der Waals surface area contributed by atoms with E-state index < -0.39 is 0 Å². The van der Waals surface area contributed by atoms with Crippen LogP contribution in [0.3, 0.4) is 0 Å². The highest BCUT2D eigenvalue weighted by atomic mass is 35.5. The Morgan fingerprint density at radius 3 is 2.73 bits per heavy atom. The molecule has 3 rings (SSSR count). The van der Waals surface area contributed by atoms with E-state index in [0.29, 0.717) is 11.0 Å². The Balaban J connectivity index is 0.00000243. The number of aromatic amines is 1. The van der Waals surface area contributed by atoms with Crippen LogP contribution in [0.1, 0.15) is 43.0 Å². The van der Waals surface area contributed by atoms with Crippen LogP contribution in [0, 0.1) is 13.8 Å². The lowest BCUT2D eigenvalue weighted by Gasteiger charge is -2.38. The molecule has 1 aliphatic rings. The standard InChI is InChI=1S/C18H27N5O2.ClH/c1-10-13(12(3)20-17-16(10)18(25)21-22(17)4)9-15(24)23-8-6-5-7-14(23)11(2)19;/h11,14H,5-9,19H2,1-4H3,(H,21,25);1H. The molecule has 0 aliphatic carbocycles. The maximum atomic E-state index is 13.0. The predicted octanol–water partition coefficient (Wildman–Crippen LogP) is 1.57. The van der Waals surface area contributed by atoms with Gasteiger partial charge >= 0.3 is 0 Å². The molecular formula is C18H28ClN5O2. The summed E-state index contributed by atoms with van der Waals surface area (Å²) in [4.78, 5) is 31.6. The Kier molecular flexibility index (Phi) is 6.13. The first-order chi connectivity index (χ1) is 11.8. The van der Waals surface area contributed by atoms with Crippen molar-refractivity contribution in [2.24, 2.45) is 12.8 Å². The summed E-state index contributed by atoms with van der Waals surface area (Å²) < 4.78 is 1.63. The van der Waals surface area contributed by atoms with Gasteiger partial charge in [-0.25, -0.2) is 4.98 Å². The highest BCUT2D eigenvalue weighted by molar-refractivity contribution is 5.85. The first kappa shape index (κ1) is 20.5. The maximum absolute atomic E-state index is 13.0. The minimum atomic E-state index is -0.164. The first-order valence-corrected chi connectivity index (χ1v) is 8.91. The molecule has 2 aromatic heterocycles. The fourth-order valence-corrected chi connectivity index (χ4v) is 3.97. The molecular weight excluding hydrogens is 354 g/mol. The van der Waals surface area contributed by atoms with Gasteiger partial charge in [0.2, 0.25) is 5.91 Å². The smallest absolute Gasteiger partial charge is 0.273 e. The molecule has 8 heteroatoms. The van der Waals surface area contributed by atoms with Gasteiger partial charge in [-0.3, -0.25) is 19.4 Å². The number of likely N-dealkylation sites (tertiary alicyclic amines) is 1. The second-order valence-electron chi connectivity index (χ2n) is 7.19. The fourth-order valence-electron chi connectivity index (χ4n) is 3.97. The number of carbonyl (C=O) groups is 1. The van der Waals surface area contributed by atoms with Gasteiger partial charge in [-0.15, -0.1) is 12.4 Å². The molecule has 2 atom stereocenters. The molecule has 0 bridgehead atoms. The van der Waals surface area contributed by atoms with E-state index in [2.05, 4.69) is 10.1 Å². The average Bonchev–Trinajstić information content (AvgIpc) is 2.85. The fraction of sp³-hybridized carbons (Fsp3) is 0.611. The second-order valence-corrected chi connectivity index (χ2v) is 7.19. The van der Waals surface area contributed by atoms with Crippen molar-refractivity contribution < 1.29 is 4.79 Å². The summed E-state index contributed by atoms with van der Waals surface area (Å²) >= 11 is 0. The third kappa shape index (κ3) is 3.50. The number of pyridine rings is 1. The van der Waals surface area contributed by atoms with Crippen LogP contribution in [0.5, 0.6) is 0 Å². The van der Waals surface area contributed by atoms with Gasteiger partial charge in [-0.05, 0) is 51.2 Å². The van der Waals surface area contributed by atoms with Crippen LogP contribution >= 0.6 is 12.4 Å². The van der Waals surface area contributed by atoms with Crippen molar-refractivity contribution in [3.8, 4) is 0 Å². The van der Waals surface area contributed by atoms with Gasteiger partial charge in [-0.2, -0.15) is 0 Å². The number of carbonyl (C=O) groups excluding carboxylic acids is 1. The molecule has 2 unspecified atom stereocenters. The molecule has 26 heavy (non-hydrogen) atoms. The summed E-state index contributed by atoms with van der Waals surface area (Å²) in [5.41, 5.74) is 9.04. The molecule has 1 amide bonds. The van der Waals surface area contributed by atoms with Gasteiger partial charge in [0.05, 0.1) is 11.8 Å². The summed E-state index contributed by atoms with van der Waals surface area (Å²) in [6, 6.07) is 0.0581. The average molecular weight is 382 g/mol. The number of piperidine rings is 1. The zero-order valence-electron chi connectivity index (χ0n) is 15.8. The number of fused-ring (bicyclic) bond motifs is 1. The van der Waals surface area contributed by atoms with Crippen molar-refractivity contribution in [2.45, 2.75) is 58.5 Å². The van der Waals surface area contributed by atoms with Crippen molar-refractivity contribution in [1.29, 1.82) is 0 Å². The van der Waals surface area contributed by atoms with Crippen molar-refractivity contribution >= 4 is 29.3 Å². The van der Waals surface area contributed by atoms with E-state index in [9.17, 15) is 9.59 Å². The molecule has 1 aliphatic heterocycles. The van der Waals surface area contributed by atoms with E-state index in [-0.39, 0.29) is 42.4 Å². The van der Waals surface area contributed by atoms with E-state index in [4.69, 9.17) is 5.73 Å². The molecule has 2 aromatic rings. The van der Waals surface area contributed by atoms with Crippen molar-refractivity contribution in [3.63, 3.8) is 0 Å². The van der Waals surface area contributed by atoms with E-state index in [1.54, 1.807) is 11.7 Å². The number of amides is 1. The van der Waals surface area contributed by atoms with Crippen LogP contribution in [-0.2, 0) is 18.3 Å². The van der Waals surface area contributed by atoms with E-state index in [1.165, 1.54) is 0 Å². The number of halogens is 1. The summed E-state index contributed by atoms with van der Waals surface area (Å²) in [7, 11) is 1.77. The number of aryl methyl sites for hydroxylation is 3. The Labute approximate surface area is 159 Å². The lowest BCUT2D eigenvalue weighted by Crippen LogP contribution is -2.52. The zero-order valence-corrected chi connectivity index (χ0v) is 16.7. The number of aromatic nitrogens is 3. The minimum Gasteiger partial charge on any atom is -0.338 e. The van der Waals surface area contributed by atoms with Gasteiger partial charge in [0.1, 0.15) is 0 Å². The van der Waals surface area contributed by atoms with Crippen LogP contribution < -0.4 is 11.3 Å². The molecule has 0 radical (unpaired) electrons. The summed E-state index contributed by atoms with van der Waals surface area (Å²) in [5, 5.41) is 3.30. The van der Waals surface area contributed by atoms with E-state index in [1.807, 2.05) is 25.7 Å². The largest absolute Gasteiger partial charge is 0.338 e. The van der Waals surface area contributed by atoms with Gasteiger partial charge in [0.15, 0.2) is 5.65 Å². The second kappa shape index (κ2) is 7.80. The number of nitrogens with two attached hydrogens (primary N) is 1. The molecule has 1 saturated heterocycles. The Morgan fingerprint density at radius 2 is 2.08 bits per heavy atom. The topological polar surface area (TPSA) is 97.0 Å². The lowest BCUT2D eigenvalue weighted by molar-refractivity contribution is -0.134. The Morgan fingerprint density at radius 1 is 1.38 bits per heavy atom. The molecule has 0 aromatic carbocycles. The highest BCUT2D eigenvalue weighted by Gasteiger charge is 2.30. The maximum Gasteiger partial charge on any atom is 0.273 e. The van der Waals surface area contributed by atoms with E-state index in [0.717, 1.165) is 42.6 Å². The van der Waals surface area contributed by atoms with Gasteiger partial charge < -0.3 is 10.6 Å². The van der Waals surface area contributed by atoms with Crippen LogP contribution in [0.25, 0.3) is 11.0 Å². The van der Waals surface area contributed by atoms with Crippen LogP contribution in [0.2, 0.25) is 0 Å². The minimum absolute atomic E-state index is 0. The summed E-state index contributed by atoms with van der Waals surface area (Å²) in [5.74, 6) is 0.0710. The summed E-state index contributed by atoms with van der Waals surface area (Å²) in [6.45, 7) is 6.51. The van der Waals surface area contributed by atoms with Crippen molar-refractivity contribution in [2.75, 3.05) is 6.54 Å². The van der Waals surface area contributed by atoms with Gasteiger partial charge in [0, 0.05) is 31.4 Å². The summed E-state index contributed by atoms with van der Waals surface area (Å²) in [6.07, 6.45) is 3.35. The molecule has 0 spiro atoms. The van der Waals surface area contributed by atoms with Gasteiger partial charge in [-0.1, -0.05) is 0 Å². The first-order valence-electron chi connectivity index (χ1n) is 8.91. The molecule has 144 valence electrons. The predicted molar refractivity (Wildman–Crippen MR) is 105 cm³/mol. The number of nitrogens with one attached hydrogen (secondary N) is 1. The molecule has 7 nitrogen and oxygen atoms in total. The lowest BCUT2D eigenvalue weighted by atomic mass is 9.95. The van der Waals surface area contributed by atoms with Crippen molar-refractivity contribution in [1.82, 2.24) is 19.7 Å². The SMILES string of the molecule is Cc1nc2c(c(C)c1CC(=O)N1CCCCC1C(C)N)c(=O)[nH]n2C.Cl. The van der Waals surface area contributed by atoms with E-state index >= 15 is 0 Å². The Hall–Kier alpha value is -1.86. The quantitative estimate of drug-likeness (QED) is 0.843. The van der Waals surface area contributed by atoms with Crippen molar-refractivity contribution in [3.05, 3.63) is 27.2 Å². The van der Waals surface area contributed by atoms with Crippen LogP contribution in [0.15, 0.2) is 4.79 Å². The number of H-pyrrole nitrogens is 1. The van der Waals surface area contributed by atoms with Gasteiger partial charge in [0.25, 0.3) is 5.56 Å². The third-order valence-electron chi connectivity index (χ3n) is 5.38. The van der Waals surface area contributed by atoms with Crippen LogP contribution in [0.4, 0.5) is 0 Å². The number of nitrogens with zero attached hydrogens (tertiary/aromatic N) is 3. The molecule has 3 N–H and O–H groups in total. The zero-order chi connectivity index (χ0) is 18.3. The normalized spacial score (nSPS) is 18.7. The number of rotatable bonds is 3. The van der Waals surface area contributed by atoms with Crippen LogP contribution in [-0.4, -0.2) is 44.2 Å². The number of hydrogen-bond donors (Lipinski definition) is 2. The molecule has 0 saturated carbocycles. The highest BCUT2D eigenvalue weighted by Crippen LogP contribution is 2.24. The third-order valence-corrected chi connectivity index (χ3v) is 5.38.